The smallest absolute Gasteiger partial charge is 0.224 e. The second-order valence-electron chi connectivity index (χ2n) is 5.11. The van der Waals surface area contributed by atoms with Crippen LogP contribution in [0, 0.1) is 0 Å². The highest BCUT2D eigenvalue weighted by Gasteiger charge is 2.09. The molecule has 5 heteroatoms. The molecule has 22 heavy (non-hydrogen) atoms. The van der Waals surface area contributed by atoms with Crippen LogP contribution in [0.15, 0.2) is 48.7 Å². The molecular weight excluding hydrogens is 276 g/mol. The molecule has 2 aromatic heterocycles. The first-order valence-corrected chi connectivity index (χ1v) is 7.44. The summed E-state index contributed by atoms with van der Waals surface area (Å²) >= 11 is 0. The fraction of sp³-hybridized carbons (Fsp3) is 0.235. The molecule has 0 radical (unpaired) electrons. The topological polar surface area (TPSA) is 59.3 Å². The Hall–Kier alpha value is -2.69. The van der Waals surface area contributed by atoms with Crippen molar-refractivity contribution in [3.05, 3.63) is 60.0 Å². The van der Waals surface area contributed by atoms with E-state index in [9.17, 15) is 4.79 Å². The van der Waals surface area contributed by atoms with Gasteiger partial charge in [0.25, 0.3) is 0 Å². The number of hydrogen-bond acceptors (Lipinski definition) is 3. The van der Waals surface area contributed by atoms with Gasteiger partial charge in [-0.3, -0.25) is 4.79 Å². The van der Waals surface area contributed by atoms with Crippen LogP contribution in [-0.2, 0) is 17.6 Å². The molecule has 5 nitrogen and oxygen atoms in total. The summed E-state index contributed by atoms with van der Waals surface area (Å²) in [4.78, 5) is 16.6. The Morgan fingerprint density at radius 1 is 1.18 bits per heavy atom. The fourth-order valence-electron chi connectivity index (χ4n) is 2.31. The molecule has 0 aliphatic heterocycles. The Labute approximate surface area is 129 Å². The summed E-state index contributed by atoms with van der Waals surface area (Å²) in [7, 11) is 0. The van der Waals surface area contributed by atoms with Crippen molar-refractivity contribution in [1.82, 2.24) is 14.6 Å². The molecule has 0 saturated heterocycles. The van der Waals surface area contributed by atoms with E-state index >= 15 is 0 Å². The summed E-state index contributed by atoms with van der Waals surface area (Å²) in [5.74, 6) is 0.754. The van der Waals surface area contributed by atoms with Gasteiger partial charge in [0.05, 0.1) is 5.69 Å². The van der Waals surface area contributed by atoms with E-state index in [0.717, 1.165) is 24.2 Å². The zero-order chi connectivity index (χ0) is 15.4. The maximum Gasteiger partial charge on any atom is 0.224 e. The van der Waals surface area contributed by atoms with Crippen molar-refractivity contribution >= 4 is 17.2 Å². The van der Waals surface area contributed by atoms with Gasteiger partial charge in [0.1, 0.15) is 0 Å². The van der Waals surface area contributed by atoms with Gasteiger partial charge in [0, 0.05) is 19.0 Å². The minimum Gasteiger partial charge on any atom is -0.323 e. The average Bonchev–Trinajstić information content (AvgIpc) is 2.98. The number of aryl methyl sites for hydroxylation is 2. The van der Waals surface area contributed by atoms with Gasteiger partial charge in [-0.15, -0.1) is 0 Å². The number of anilines is 1. The first-order valence-electron chi connectivity index (χ1n) is 7.44. The number of amides is 1. The van der Waals surface area contributed by atoms with Crippen LogP contribution in [0.25, 0.3) is 5.65 Å². The number of pyridine rings is 1. The van der Waals surface area contributed by atoms with Crippen molar-refractivity contribution in [2.24, 2.45) is 0 Å². The second-order valence-corrected chi connectivity index (χ2v) is 5.11. The highest BCUT2D eigenvalue weighted by Crippen LogP contribution is 2.15. The second kappa shape index (κ2) is 6.39. The van der Waals surface area contributed by atoms with E-state index in [1.165, 1.54) is 0 Å². The van der Waals surface area contributed by atoms with Crippen LogP contribution in [0.2, 0.25) is 0 Å². The summed E-state index contributed by atoms with van der Waals surface area (Å²) in [5, 5.41) is 7.28. The standard InChI is InChI=1S/C17H18N4O/c1-2-15-19-17-14(9-6-12-21(17)20-15)18-16(22)11-10-13-7-4-3-5-8-13/h3-9,12H,2,10-11H2,1H3,(H,18,22). The third kappa shape index (κ3) is 3.14. The molecule has 0 atom stereocenters. The van der Waals surface area contributed by atoms with Crippen molar-refractivity contribution < 1.29 is 4.79 Å². The van der Waals surface area contributed by atoms with Crippen LogP contribution in [0.3, 0.4) is 0 Å². The number of hydrogen-bond donors (Lipinski definition) is 1. The van der Waals surface area contributed by atoms with Crippen LogP contribution < -0.4 is 5.32 Å². The fourth-order valence-corrected chi connectivity index (χ4v) is 2.31. The van der Waals surface area contributed by atoms with Gasteiger partial charge in [0.15, 0.2) is 11.5 Å². The lowest BCUT2D eigenvalue weighted by Gasteiger charge is -2.06. The number of nitrogens with one attached hydrogen (secondary N) is 1. The van der Waals surface area contributed by atoms with Crippen molar-refractivity contribution in [2.45, 2.75) is 26.2 Å². The summed E-state index contributed by atoms with van der Waals surface area (Å²) in [6.45, 7) is 2.01. The minimum absolute atomic E-state index is 0.0157. The van der Waals surface area contributed by atoms with E-state index in [1.807, 2.05) is 55.6 Å². The molecule has 3 rings (SSSR count). The van der Waals surface area contributed by atoms with Crippen LogP contribution in [0.4, 0.5) is 5.69 Å². The lowest BCUT2D eigenvalue weighted by Crippen LogP contribution is -2.13. The van der Waals surface area contributed by atoms with E-state index in [1.54, 1.807) is 4.52 Å². The Bertz CT molecular complexity index is 780. The molecule has 112 valence electrons. The molecule has 0 fully saturated rings. The Morgan fingerprint density at radius 3 is 2.77 bits per heavy atom. The predicted octanol–water partition coefficient (Wildman–Crippen LogP) is 2.86. The molecule has 1 N–H and O–H groups in total. The van der Waals surface area contributed by atoms with E-state index in [4.69, 9.17) is 0 Å². The zero-order valence-corrected chi connectivity index (χ0v) is 12.5. The molecule has 1 aromatic carbocycles. The van der Waals surface area contributed by atoms with Crippen LogP contribution in [-0.4, -0.2) is 20.5 Å². The lowest BCUT2D eigenvalue weighted by atomic mass is 10.1. The number of carbonyl (C=O) groups excluding carboxylic acids is 1. The SMILES string of the molecule is CCc1nc2c(NC(=O)CCc3ccccc3)cccn2n1. The largest absolute Gasteiger partial charge is 0.323 e. The highest BCUT2D eigenvalue weighted by atomic mass is 16.1. The third-order valence-corrected chi connectivity index (χ3v) is 3.48. The van der Waals surface area contributed by atoms with Gasteiger partial charge in [-0.2, -0.15) is 5.10 Å². The quantitative estimate of drug-likeness (QED) is 0.787. The molecule has 0 aliphatic carbocycles. The molecule has 0 saturated carbocycles. The number of benzene rings is 1. The van der Waals surface area contributed by atoms with Crippen LogP contribution >= 0.6 is 0 Å². The lowest BCUT2D eigenvalue weighted by molar-refractivity contribution is -0.116. The number of nitrogens with zero attached hydrogens (tertiary/aromatic N) is 3. The third-order valence-electron chi connectivity index (χ3n) is 3.48. The van der Waals surface area contributed by atoms with Crippen molar-refractivity contribution in [1.29, 1.82) is 0 Å². The monoisotopic (exact) mass is 294 g/mol. The van der Waals surface area contributed by atoms with Gasteiger partial charge >= 0.3 is 0 Å². The molecule has 0 unspecified atom stereocenters. The summed E-state index contributed by atoms with van der Waals surface area (Å²) < 4.78 is 1.70. The van der Waals surface area contributed by atoms with Crippen LogP contribution in [0.1, 0.15) is 24.7 Å². The molecule has 0 bridgehead atoms. The van der Waals surface area contributed by atoms with Crippen molar-refractivity contribution in [3.63, 3.8) is 0 Å². The van der Waals surface area contributed by atoms with Gasteiger partial charge in [-0.25, -0.2) is 9.50 Å². The minimum atomic E-state index is -0.0157. The summed E-state index contributed by atoms with van der Waals surface area (Å²) in [5.41, 5.74) is 2.55. The first-order chi connectivity index (χ1) is 10.8. The Kier molecular flexibility index (Phi) is 4.14. The first kappa shape index (κ1) is 14.3. The van der Waals surface area contributed by atoms with E-state index in [-0.39, 0.29) is 5.91 Å². The maximum atomic E-state index is 12.1. The Morgan fingerprint density at radius 2 is 2.00 bits per heavy atom. The molecular formula is C17H18N4O. The molecule has 0 aliphatic rings. The molecule has 3 aromatic rings. The number of carbonyl (C=O) groups is 1. The summed E-state index contributed by atoms with van der Waals surface area (Å²) in [6.07, 6.45) is 3.77. The molecule has 0 spiro atoms. The highest BCUT2D eigenvalue weighted by molar-refractivity contribution is 5.94. The Balaban J connectivity index is 1.70. The average molecular weight is 294 g/mol. The molecule has 2 heterocycles. The maximum absolute atomic E-state index is 12.1. The van der Waals surface area contributed by atoms with Gasteiger partial charge in [-0.05, 0) is 24.1 Å². The van der Waals surface area contributed by atoms with Gasteiger partial charge in [-0.1, -0.05) is 37.3 Å². The van der Waals surface area contributed by atoms with Crippen molar-refractivity contribution in [2.75, 3.05) is 5.32 Å². The zero-order valence-electron chi connectivity index (χ0n) is 12.5. The van der Waals surface area contributed by atoms with E-state index in [2.05, 4.69) is 15.4 Å². The number of rotatable bonds is 5. The van der Waals surface area contributed by atoms with E-state index in [0.29, 0.717) is 17.8 Å². The van der Waals surface area contributed by atoms with Gasteiger partial charge < -0.3 is 5.32 Å². The summed E-state index contributed by atoms with van der Waals surface area (Å²) in [6, 6.07) is 13.7. The van der Waals surface area contributed by atoms with E-state index < -0.39 is 0 Å². The number of aromatic nitrogens is 3. The normalized spacial score (nSPS) is 10.8. The molecule has 1 amide bonds. The van der Waals surface area contributed by atoms with Crippen molar-refractivity contribution in [3.8, 4) is 0 Å². The predicted molar refractivity (Wildman–Crippen MR) is 85.8 cm³/mol. The van der Waals surface area contributed by atoms with Gasteiger partial charge in [0.2, 0.25) is 5.91 Å². The van der Waals surface area contributed by atoms with Crippen LogP contribution in [0.5, 0.6) is 0 Å². The number of fused-ring (bicyclic) bond motifs is 1.